The number of carbonyl (C=O) groups is 2. The molecule has 0 aromatic heterocycles. The summed E-state index contributed by atoms with van der Waals surface area (Å²) >= 11 is 6.25. The summed E-state index contributed by atoms with van der Waals surface area (Å²) in [6, 6.07) is 13.9. The van der Waals surface area contributed by atoms with Crippen LogP contribution in [-0.4, -0.2) is 80.4 Å². The van der Waals surface area contributed by atoms with Crippen LogP contribution in [0.1, 0.15) is 89.6 Å². The predicted molar refractivity (Wildman–Crippen MR) is 252 cm³/mol. The SMILES string of the molecule is Cc1ccc2c(c1)/C(=N\N=C\c1c(O)c(O)c(C(C)C)c3cc(C)c(-c4c(C)cc5c(C(C)C)c(O)c(O)c(/C=N/N=C6\C(=O)N(C)c7ccc(Cl)cc76)c5c4O)c(O)c13)C(=O)N2C. The molecule has 15 heteroatoms. The van der Waals surface area contributed by atoms with Gasteiger partial charge in [-0.25, -0.2) is 0 Å². The van der Waals surface area contributed by atoms with Crippen LogP contribution >= 0.6 is 11.6 Å². The maximum Gasteiger partial charge on any atom is 0.279 e. The zero-order valence-electron chi connectivity index (χ0n) is 36.5. The van der Waals surface area contributed by atoms with Gasteiger partial charge >= 0.3 is 0 Å². The van der Waals surface area contributed by atoms with Gasteiger partial charge in [0.25, 0.3) is 11.8 Å². The normalized spacial score (nSPS) is 15.3. The quantitative estimate of drug-likeness (QED) is 0.0515. The molecule has 0 spiro atoms. The van der Waals surface area contributed by atoms with Crippen molar-refractivity contribution in [3.63, 3.8) is 0 Å². The number of aromatic hydroxyl groups is 6. The number of hydrogen-bond donors (Lipinski definition) is 6. The van der Waals surface area contributed by atoms with Gasteiger partial charge in [0.1, 0.15) is 11.5 Å². The number of benzene rings is 6. The fourth-order valence-electron chi connectivity index (χ4n) is 9.00. The van der Waals surface area contributed by atoms with E-state index in [-0.39, 0.29) is 73.7 Å². The highest BCUT2D eigenvalue weighted by atomic mass is 35.5. The first-order chi connectivity index (χ1) is 30.3. The van der Waals surface area contributed by atoms with E-state index < -0.39 is 28.9 Å². The van der Waals surface area contributed by atoms with Gasteiger partial charge in [-0.1, -0.05) is 63.1 Å². The first-order valence-electron chi connectivity index (χ1n) is 20.4. The highest BCUT2D eigenvalue weighted by Crippen LogP contribution is 2.54. The average Bonchev–Trinajstić information content (AvgIpc) is 3.60. The monoisotopic (exact) mass is 880 g/mol. The van der Waals surface area contributed by atoms with Gasteiger partial charge in [-0.15, -0.1) is 10.2 Å². The lowest BCUT2D eigenvalue weighted by Crippen LogP contribution is -2.25. The summed E-state index contributed by atoms with van der Waals surface area (Å²) in [5, 5.41) is 89.3. The van der Waals surface area contributed by atoms with E-state index in [1.54, 1.807) is 58.3 Å². The molecular weight excluding hydrogens is 836 g/mol. The molecule has 0 bridgehead atoms. The van der Waals surface area contributed by atoms with E-state index in [1.165, 1.54) is 9.80 Å². The fourth-order valence-corrected chi connectivity index (χ4v) is 9.17. The molecule has 6 aromatic carbocycles. The van der Waals surface area contributed by atoms with E-state index in [0.29, 0.717) is 60.6 Å². The second-order valence-corrected chi connectivity index (χ2v) is 17.3. The van der Waals surface area contributed by atoms with E-state index in [9.17, 15) is 40.2 Å². The lowest BCUT2D eigenvalue weighted by molar-refractivity contribution is -0.112. The summed E-state index contributed by atoms with van der Waals surface area (Å²) in [6.45, 7) is 12.6. The third-order valence-corrected chi connectivity index (χ3v) is 12.3. The Balaban J connectivity index is 1.37. The Labute approximate surface area is 373 Å². The number of aryl methyl sites for hydroxylation is 3. The smallest absolute Gasteiger partial charge is 0.279 e. The van der Waals surface area contributed by atoms with Gasteiger partial charge in [0.05, 0.1) is 34.9 Å². The molecule has 2 aliphatic heterocycles. The van der Waals surface area contributed by atoms with Crippen molar-refractivity contribution in [3.05, 3.63) is 104 Å². The van der Waals surface area contributed by atoms with Crippen molar-refractivity contribution in [3.8, 4) is 45.6 Å². The fraction of sp³-hybridized carbons (Fsp3) is 0.224. The molecule has 2 aliphatic rings. The number of fused-ring (bicyclic) bond motifs is 4. The largest absolute Gasteiger partial charge is 0.507 e. The Hall–Kier alpha value is -7.45. The topological polar surface area (TPSA) is 211 Å². The van der Waals surface area contributed by atoms with Crippen molar-refractivity contribution in [2.75, 3.05) is 23.9 Å². The average molecular weight is 881 g/mol. The van der Waals surface area contributed by atoms with E-state index in [0.717, 1.165) is 18.0 Å². The van der Waals surface area contributed by atoms with Gasteiger partial charge in [0, 0.05) is 63.3 Å². The van der Waals surface area contributed by atoms with E-state index in [1.807, 2.05) is 52.8 Å². The van der Waals surface area contributed by atoms with Crippen LogP contribution in [0.3, 0.4) is 0 Å². The molecule has 0 fully saturated rings. The Morgan fingerprint density at radius 3 is 1.39 bits per heavy atom. The summed E-state index contributed by atoms with van der Waals surface area (Å²) in [5.74, 6) is -4.34. The van der Waals surface area contributed by atoms with Crippen molar-refractivity contribution in [2.45, 2.75) is 60.3 Å². The lowest BCUT2D eigenvalue weighted by atomic mass is 9.83. The van der Waals surface area contributed by atoms with Crippen LogP contribution < -0.4 is 9.80 Å². The van der Waals surface area contributed by atoms with Gasteiger partial charge in [-0.05, 0) is 84.8 Å². The number of phenolic OH excluding ortho intramolecular Hbond substituents is 6. The number of phenols is 6. The van der Waals surface area contributed by atoms with Crippen LogP contribution in [0.25, 0.3) is 32.7 Å². The van der Waals surface area contributed by atoms with E-state index in [2.05, 4.69) is 20.4 Å². The van der Waals surface area contributed by atoms with Crippen LogP contribution in [0, 0.1) is 20.8 Å². The van der Waals surface area contributed by atoms with Crippen molar-refractivity contribution >= 4 is 80.2 Å². The summed E-state index contributed by atoms with van der Waals surface area (Å²) in [5.41, 5.74) is 4.91. The number of nitrogens with zero attached hydrogens (tertiary/aromatic N) is 6. The molecule has 14 nitrogen and oxygen atoms in total. The molecule has 0 atom stereocenters. The summed E-state index contributed by atoms with van der Waals surface area (Å²) in [4.78, 5) is 29.3. The molecule has 0 saturated heterocycles. The standard InChI is InChI=1S/C49H45ClN6O8/c1-20(2)34-28-15-23(6)36(44(59)38(28)30(42(57)46(34)61)18-51-53-40-26-14-22(5)10-12-32(26)55(8)48(40)63)37-24(7)16-29-35(21(3)4)47(62)43(58)31(39(29)45(37)60)19-52-54-41-27-17-25(50)11-13-33(27)56(9)49(41)64/h10-21,57-62H,1-9H3/b51-18+,52-19+,53-40+,54-41-. The van der Waals surface area contributed by atoms with Gasteiger partial charge in [0.15, 0.2) is 34.4 Å². The molecule has 0 unspecified atom stereocenters. The first-order valence-corrected chi connectivity index (χ1v) is 20.8. The molecule has 0 radical (unpaired) electrons. The Morgan fingerprint density at radius 1 is 0.562 bits per heavy atom. The highest BCUT2D eigenvalue weighted by Gasteiger charge is 2.34. The van der Waals surface area contributed by atoms with Crippen molar-refractivity contribution in [1.29, 1.82) is 0 Å². The lowest BCUT2D eigenvalue weighted by Gasteiger charge is -2.23. The van der Waals surface area contributed by atoms with E-state index in [4.69, 9.17) is 11.6 Å². The molecule has 6 aromatic rings. The second kappa shape index (κ2) is 15.7. The van der Waals surface area contributed by atoms with Crippen LogP contribution in [0.2, 0.25) is 5.02 Å². The number of carbonyl (C=O) groups excluding carboxylic acids is 2. The minimum Gasteiger partial charge on any atom is -0.507 e. The van der Waals surface area contributed by atoms with Crippen LogP contribution in [0.5, 0.6) is 34.5 Å². The van der Waals surface area contributed by atoms with Gasteiger partial charge in [-0.2, -0.15) is 10.2 Å². The van der Waals surface area contributed by atoms with Crippen molar-refractivity contribution in [2.24, 2.45) is 20.4 Å². The van der Waals surface area contributed by atoms with Crippen LogP contribution in [0.15, 0.2) is 68.9 Å². The van der Waals surface area contributed by atoms with Gasteiger partial charge < -0.3 is 40.4 Å². The van der Waals surface area contributed by atoms with Crippen LogP contribution in [-0.2, 0) is 9.59 Å². The van der Waals surface area contributed by atoms with Crippen molar-refractivity contribution < 1.29 is 40.2 Å². The van der Waals surface area contributed by atoms with Crippen molar-refractivity contribution in [1.82, 2.24) is 0 Å². The first kappa shape index (κ1) is 43.2. The third kappa shape index (κ3) is 6.55. The maximum absolute atomic E-state index is 13.2. The van der Waals surface area contributed by atoms with Crippen LogP contribution in [0.4, 0.5) is 11.4 Å². The summed E-state index contributed by atoms with van der Waals surface area (Å²) in [6.07, 6.45) is 2.29. The molecule has 2 amide bonds. The molecule has 6 N–H and O–H groups in total. The zero-order chi connectivity index (χ0) is 46.4. The Kier molecular flexibility index (Phi) is 10.6. The number of amides is 2. The number of likely N-dealkylation sites (N-methyl/N-ethyl adjacent to an activating group) is 2. The molecule has 326 valence electrons. The predicted octanol–water partition coefficient (Wildman–Crippen LogP) is 9.32. The third-order valence-electron chi connectivity index (χ3n) is 12.0. The van der Waals surface area contributed by atoms with Gasteiger partial charge in [-0.3, -0.25) is 9.59 Å². The van der Waals surface area contributed by atoms with Gasteiger partial charge in [0.2, 0.25) is 0 Å². The summed E-state index contributed by atoms with van der Waals surface area (Å²) < 4.78 is 0. The number of halogens is 1. The summed E-state index contributed by atoms with van der Waals surface area (Å²) in [7, 11) is 3.22. The molecule has 0 saturated carbocycles. The minimum atomic E-state index is -0.602. The number of anilines is 2. The molecular formula is C49H45ClN6O8. The Morgan fingerprint density at radius 2 is 0.969 bits per heavy atom. The Bertz CT molecular complexity index is 2990. The zero-order valence-corrected chi connectivity index (χ0v) is 37.2. The van der Waals surface area contributed by atoms with E-state index >= 15 is 0 Å². The highest BCUT2D eigenvalue weighted by molar-refractivity contribution is 6.55. The minimum absolute atomic E-state index is 0.0107. The molecule has 8 rings (SSSR count). The maximum atomic E-state index is 13.2. The molecule has 64 heavy (non-hydrogen) atoms. The molecule has 0 aliphatic carbocycles. The second-order valence-electron chi connectivity index (χ2n) is 16.8. The number of rotatable bonds is 7. The molecule has 2 heterocycles. The number of hydrogen-bond acceptors (Lipinski definition) is 12.